The molecule has 9 aromatic carbocycles. The second-order valence-electron chi connectivity index (χ2n) is 19.5. The molecule has 0 unspecified atom stereocenters. The van der Waals surface area contributed by atoms with Crippen LogP contribution in [0.15, 0.2) is 218 Å². The zero-order valence-electron chi connectivity index (χ0n) is 37.6. The summed E-state index contributed by atoms with van der Waals surface area (Å²) < 4.78 is 2.41. The summed E-state index contributed by atoms with van der Waals surface area (Å²) in [5, 5.41) is 2.49. The van der Waals surface area contributed by atoms with Crippen molar-refractivity contribution in [3.05, 3.63) is 252 Å². The van der Waals surface area contributed by atoms with Crippen molar-refractivity contribution < 1.29 is 0 Å². The molecule has 0 spiro atoms. The number of benzene rings is 9. The van der Waals surface area contributed by atoms with Gasteiger partial charge in [-0.2, -0.15) is 0 Å². The van der Waals surface area contributed by atoms with Crippen LogP contribution in [0.3, 0.4) is 0 Å². The van der Waals surface area contributed by atoms with Crippen molar-refractivity contribution in [2.75, 3.05) is 4.90 Å². The lowest BCUT2D eigenvalue weighted by Crippen LogP contribution is -2.35. The average Bonchev–Trinajstić information content (AvgIpc) is 3.84. The van der Waals surface area contributed by atoms with Crippen LogP contribution >= 0.6 is 0 Å². The summed E-state index contributed by atoms with van der Waals surface area (Å²) in [6, 6.07) is 81.4. The van der Waals surface area contributed by atoms with Gasteiger partial charge in [0, 0.05) is 33.4 Å². The van der Waals surface area contributed by atoms with Crippen molar-refractivity contribution in [3.8, 4) is 27.9 Å². The van der Waals surface area contributed by atoms with E-state index < -0.39 is 5.41 Å². The Hall–Kier alpha value is -7.42. The minimum absolute atomic E-state index is 0.0576. The molecule has 2 aliphatic carbocycles. The van der Waals surface area contributed by atoms with E-state index in [1.807, 2.05) is 0 Å². The third-order valence-electron chi connectivity index (χ3n) is 14.9. The van der Waals surface area contributed by atoms with Gasteiger partial charge in [-0.05, 0) is 134 Å². The zero-order valence-corrected chi connectivity index (χ0v) is 37.6. The molecule has 10 aromatic rings. The van der Waals surface area contributed by atoms with Crippen molar-refractivity contribution in [2.24, 2.45) is 0 Å². The van der Waals surface area contributed by atoms with Crippen LogP contribution in [0.4, 0.5) is 17.1 Å². The van der Waals surface area contributed by atoms with Gasteiger partial charge in [-0.25, -0.2) is 0 Å². The molecule has 0 aliphatic heterocycles. The van der Waals surface area contributed by atoms with Gasteiger partial charge in [0.2, 0.25) is 0 Å². The Balaban J connectivity index is 1.13. The van der Waals surface area contributed by atoms with Gasteiger partial charge >= 0.3 is 0 Å². The molecule has 2 nitrogen and oxygen atoms in total. The third-order valence-corrected chi connectivity index (χ3v) is 14.9. The molecule has 0 atom stereocenters. The maximum absolute atomic E-state index is 2.63. The molecule has 0 fully saturated rings. The summed E-state index contributed by atoms with van der Waals surface area (Å²) >= 11 is 0. The molecule has 1 aromatic heterocycles. The summed E-state index contributed by atoms with van der Waals surface area (Å²) in [7, 11) is 0. The topological polar surface area (TPSA) is 8.17 Å². The lowest BCUT2D eigenvalue weighted by Gasteiger charge is -2.43. The van der Waals surface area contributed by atoms with Crippen molar-refractivity contribution in [1.29, 1.82) is 0 Å². The highest BCUT2D eigenvalue weighted by Crippen LogP contribution is 2.60. The van der Waals surface area contributed by atoms with Gasteiger partial charge in [0.15, 0.2) is 0 Å². The van der Waals surface area contributed by atoms with Gasteiger partial charge in [0.25, 0.3) is 0 Å². The summed E-state index contributed by atoms with van der Waals surface area (Å²) in [4.78, 5) is 2.49. The Morgan fingerprint density at radius 3 is 1.62 bits per heavy atom. The summed E-state index contributed by atoms with van der Waals surface area (Å²) in [6.07, 6.45) is 2.33. The first-order valence-corrected chi connectivity index (χ1v) is 23.2. The molecule has 65 heavy (non-hydrogen) atoms. The fraction of sp³-hybridized carbons (Fsp3) is 0.143. The van der Waals surface area contributed by atoms with Crippen molar-refractivity contribution in [3.63, 3.8) is 0 Å². The third kappa shape index (κ3) is 5.93. The van der Waals surface area contributed by atoms with Crippen LogP contribution in [-0.2, 0) is 16.2 Å². The predicted molar refractivity (Wildman–Crippen MR) is 273 cm³/mol. The standard InChI is InChI=1S/C63H52N2/c1-61(2)38-39-62(3,4)56-42-54-52(41-55(56)61)51-40-47(36-37-53(51)63(54,43-22-9-5-10-23-43)44-24-11-6-12-25-44)64(45-26-13-7-14-27-45)57-33-19-17-30-48(57)49-32-21-35-59-60(49)50-31-18-20-34-58(50)65(59)46-28-15-8-16-29-46/h5-37,40-42H,38-39H2,1-4H3. The molecule has 0 saturated heterocycles. The monoisotopic (exact) mass is 836 g/mol. The number of aromatic nitrogens is 1. The van der Waals surface area contributed by atoms with E-state index in [1.54, 1.807) is 0 Å². The molecule has 0 saturated carbocycles. The van der Waals surface area contributed by atoms with E-state index in [-0.39, 0.29) is 10.8 Å². The molecule has 0 amide bonds. The van der Waals surface area contributed by atoms with E-state index >= 15 is 0 Å². The first-order valence-electron chi connectivity index (χ1n) is 23.2. The number of hydrogen-bond donors (Lipinski definition) is 0. The number of rotatable bonds is 7. The largest absolute Gasteiger partial charge is 0.310 e. The molecule has 12 rings (SSSR count). The molecule has 0 radical (unpaired) electrons. The molecule has 2 heteroatoms. The maximum atomic E-state index is 2.63. The summed E-state index contributed by atoms with van der Waals surface area (Å²) in [5.74, 6) is 0. The average molecular weight is 837 g/mol. The van der Waals surface area contributed by atoms with E-state index in [9.17, 15) is 0 Å². The fourth-order valence-corrected chi connectivity index (χ4v) is 11.7. The van der Waals surface area contributed by atoms with E-state index in [0.29, 0.717) is 0 Å². The number of fused-ring (bicyclic) bond motifs is 7. The van der Waals surface area contributed by atoms with Crippen LogP contribution in [0.5, 0.6) is 0 Å². The van der Waals surface area contributed by atoms with Gasteiger partial charge in [-0.1, -0.05) is 185 Å². The van der Waals surface area contributed by atoms with Crippen molar-refractivity contribution in [1.82, 2.24) is 4.57 Å². The quantitative estimate of drug-likeness (QED) is 0.155. The number of hydrogen-bond acceptors (Lipinski definition) is 1. The molecule has 0 N–H and O–H groups in total. The number of para-hydroxylation sites is 4. The highest BCUT2D eigenvalue weighted by molar-refractivity contribution is 6.17. The Kier molecular flexibility index (Phi) is 8.94. The molecule has 0 bridgehead atoms. The van der Waals surface area contributed by atoms with Gasteiger partial charge in [0.1, 0.15) is 0 Å². The second-order valence-corrected chi connectivity index (χ2v) is 19.5. The van der Waals surface area contributed by atoms with Crippen LogP contribution in [0.25, 0.3) is 49.7 Å². The van der Waals surface area contributed by atoms with Crippen LogP contribution < -0.4 is 4.90 Å². The van der Waals surface area contributed by atoms with Gasteiger partial charge < -0.3 is 9.47 Å². The molecular formula is C63H52N2. The van der Waals surface area contributed by atoms with Gasteiger partial charge in [0.05, 0.1) is 22.1 Å². The molecule has 1 heterocycles. The van der Waals surface area contributed by atoms with Crippen molar-refractivity contribution >= 4 is 38.9 Å². The maximum Gasteiger partial charge on any atom is 0.0713 e. The zero-order chi connectivity index (χ0) is 43.9. The second kappa shape index (κ2) is 14.8. The normalized spacial score (nSPS) is 15.3. The van der Waals surface area contributed by atoms with E-state index in [0.717, 1.165) is 29.2 Å². The minimum atomic E-state index is -0.503. The highest BCUT2D eigenvalue weighted by atomic mass is 15.1. The van der Waals surface area contributed by atoms with E-state index in [4.69, 9.17) is 0 Å². The van der Waals surface area contributed by atoms with Crippen LogP contribution in [0.2, 0.25) is 0 Å². The lowest BCUT2D eigenvalue weighted by molar-refractivity contribution is 0.331. The molecular weight excluding hydrogens is 785 g/mol. The Morgan fingerprint density at radius 1 is 0.385 bits per heavy atom. The Bertz CT molecular complexity index is 3370. The number of anilines is 3. The summed E-state index contributed by atoms with van der Waals surface area (Å²) in [5.41, 5.74) is 19.8. The van der Waals surface area contributed by atoms with Crippen LogP contribution in [0.1, 0.15) is 73.9 Å². The first kappa shape index (κ1) is 39.2. The van der Waals surface area contributed by atoms with Gasteiger partial charge in [-0.15, -0.1) is 0 Å². The van der Waals surface area contributed by atoms with Gasteiger partial charge in [-0.3, -0.25) is 0 Å². The predicted octanol–water partition coefficient (Wildman–Crippen LogP) is 16.6. The summed E-state index contributed by atoms with van der Waals surface area (Å²) in [6.45, 7) is 9.81. The molecule has 314 valence electrons. The van der Waals surface area contributed by atoms with E-state index in [2.05, 4.69) is 256 Å². The molecule has 2 aliphatic rings. The highest BCUT2D eigenvalue weighted by Gasteiger charge is 2.49. The van der Waals surface area contributed by atoms with Crippen LogP contribution in [-0.4, -0.2) is 4.57 Å². The van der Waals surface area contributed by atoms with Crippen LogP contribution in [0, 0.1) is 0 Å². The fourth-order valence-electron chi connectivity index (χ4n) is 11.7. The minimum Gasteiger partial charge on any atom is -0.310 e. The Morgan fingerprint density at radius 2 is 0.923 bits per heavy atom. The van der Waals surface area contributed by atoms with Crippen molar-refractivity contribution in [2.45, 2.75) is 56.8 Å². The first-order chi connectivity index (χ1) is 31.8. The Labute approximate surface area is 383 Å². The number of nitrogens with zero attached hydrogens (tertiary/aromatic N) is 2. The lowest BCUT2D eigenvalue weighted by atomic mass is 9.61. The SMILES string of the molecule is CC1(C)CCC(C)(C)c2cc3c(cc21)-c1cc(N(c2ccccc2)c2ccccc2-c2cccc4c2c2ccccc2n4-c2ccccc2)ccc1C3(c1ccccc1)c1ccccc1. The smallest absolute Gasteiger partial charge is 0.0713 e. The van der Waals surface area contributed by atoms with E-state index in [1.165, 1.54) is 83.9 Å².